The summed E-state index contributed by atoms with van der Waals surface area (Å²) in [6.45, 7) is 2.02. The highest BCUT2D eigenvalue weighted by Crippen LogP contribution is 2.24. The van der Waals surface area contributed by atoms with Crippen LogP contribution in [0.1, 0.15) is 11.1 Å². The van der Waals surface area contributed by atoms with Crippen LogP contribution in [0, 0.1) is 34.2 Å². The molecule has 0 aliphatic carbocycles. The Morgan fingerprint density at radius 1 is 1.38 bits per heavy atom. The lowest BCUT2D eigenvalue weighted by Crippen LogP contribution is -2.14. The molecule has 2 aromatic carbocycles. The summed E-state index contributed by atoms with van der Waals surface area (Å²) in [4.78, 5) is 12.4. The number of hydrogen-bond donors (Lipinski definition) is 1. The maximum atomic E-state index is 12.4. The van der Waals surface area contributed by atoms with Gasteiger partial charge in [0.1, 0.15) is 24.0 Å². The van der Waals surface area contributed by atoms with Gasteiger partial charge in [0.2, 0.25) is 0 Å². The van der Waals surface area contributed by atoms with Gasteiger partial charge in [-0.1, -0.05) is 29.7 Å². The molecule has 0 aliphatic heterocycles. The number of nitriles is 1. The number of rotatable bonds is 5. The predicted octanol–water partition coefficient (Wildman–Crippen LogP) is 4.81. The highest BCUT2D eigenvalue weighted by atomic mass is 127. The molecule has 1 amide bonds. The van der Waals surface area contributed by atoms with Crippen molar-refractivity contribution in [2.24, 2.45) is 0 Å². The zero-order valence-corrected chi connectivity index (χ0v) is 16.8. The summed E-state index contributed by atoms with van der Waals surface area (Å²) in [5.41, 5.74) is 2.11. The van der Waals surface area contributed by atoms with Crippen LogP contribution < -0.4 is 10.1 Å². The van der Waals surface area contributed by atoms with Gasteiger partial charge in [0.05, 0.1) is 3.57 Å². The second-order valence-electron chi connectivity index (χ2n) is 5.27. The molecule has 1 N–H and O–H groups in total. The molecular weight excluding hydrogens is 463 g/mol. The first kappa shape index (κ1) is 19.8. The molecular formula is C20H14ClIN2O2. The summed E-state index contributed by atoms with van der Waals surface area (Å²) >= 11 is 8.06. The van der Waals surface area contributed by atoms with Crippen molar-refractivity contribution in [1.29, 1.82) is 5.26 Å². The van der Waals surface area contributed by atoms with E-state index in [9.17, 15) is 10.1 Å². The van der Waals surface area contributed by atoms with Crippen molar-refractivity contribution in [2.75, 3.05) is 11.9 Å². The van der Waals surface area contributed by atoms with Gasteiger partial charge in [0.25, 0.3) is 5.91 Å². The molecule has 4 nitrogen and oxygen atoms in total. The van der Waals surface area contributed by atoms with Gasteiger partial charge in [-0.05, 0) is 71.0 Å². The fraction of sp³-hybridized carbons (Fsp3) is 0.100. The zero-order chi connectivity index (χ0) is 19.1. The van der Waals surface area contributed by atoms with Crippen LogP contribution in [0.5, 0.6) is 5.75 Å². The molecule has 6 heteroatoms. The third-order valence-corrected chi connectivity index (χ3v) is 4.47. The minimum atomic E-state index is -0.500. The summed E-state index contributed by atoms with van der Waals surface area (Å²) < 4.78 is 6.23. The van der Waals surface area contributed by atoms with E-state index in [0.717, 1.165) is 9.13 Å². The number of hydrogen-bond acceptors (Lipinski definition) is 3. The number of anilines is 1. The number of halogens is 2. The van der Waals surface area contributed by atoms with Gasteiger partial charge in [0.15, 0.2) is 0 Å². The lowest BCUT2D eigenvalue weighted by atomic mass is 10.1. The Morgan fingerprint density at radius 3 is 2.81 bits per heavy atom. The molecule has 0 aliphatic rings. The number of benzene rings is 2. The second kappa shape index (κ2) is 9.28. The topological polar surface area (TPSA) is 62.1 Å². The lowest BCUT2D eigenvalue weighted by Gasteiger charge is -2.09. The first-order valence-corrected chi connectivity index (χ1v) is 8.95. The zero-order valence-electron chi connectivity index (χ0n) is 13.8. The molecule has 0 saturated carbocycles. The number of nitrogens with zero attached hydrogens (tertiary/aromatic N) is 1. The molecule has 0 fully saturated rings. The van der Waals surface area contributed by atoms with Crippen molar-refractivity contribution in [1.82, 2.24) is 0 Å². The van der Waals surface area contributed by atoms with Crippen LogP contribution in [0.2, 0.25) is 5.02 Å². The third-order valence-electron chi connectivity index (χ3n) is 3.39. The highest BCUT2D eigenvalue weighted by molar-refractivity contribution is 14.1. The summed E-state index contributed by atoms with van der Waals surface area (Å²) in [6.07, 6.45) is 6.70. The van der Waals surface area contributed by atoms with Crippen LogP contribution in [0.3, 0.4) is 0 Å². The van der Waals surface area contributed by atoms with Gasteiger partial charge in [-0.2, -0.15) is 5.26 Å². The lowest BCUT2D eigenvalue weighted by molar-refractivity contribution is -0.112. The molecule has 0 spiro atoms. The number of carbonyl (C=O) groups excluding carboxylic acids is 1. The van der Waals surface area contributed by atoms with Gasteiger partial charge in [-0.15, -0.1) is 6.42 Å². The van der Waals surface area contributed by atoms with Crippen LogP contribution in [0.25, 0.3) is 6.08 Å². The molecule has 0 heterocycles. The SMILES string of the molecule is C#CCOc1ccc(/C=C(\C#N)C(=O)Nc2cc(Cl)ccc2C)cc1I. The van der Waals surface area contributed by atoms with E-state index < -0.39 is 5.91 Å². The Labute approximate surface area is 171 Å². The van der Waals surface area contributed by atoms with Crippen molar-refractivity contribution < 1.29 is 9.53 Å². The first-order valence-electron chi connectivity index (χ1n) is 7.49. The van der Waals surface area contributed by atoms with Gasteiger partial charge >= 0.3 is 0 Å². The molecule has 0 unspecified atom stereocenters. The molecule has 130 valence electrons. The van der Waals surface area contributed by atoms with Crippen molar-refractivity contribution >= 4 is 51.9 Å². The Morgan fingerprint density at radius 2 is 2.15 bits per heavy atom. The van der Waals surface area contributed by atoms with Crippen LogP contribution in [-0.2, 0) is 4.79 Å². The van der Waals surface area contributed by atoms with Gasteiger partial charge < -0.3 is 10.1 Å². The van der Waals surface area contributed by atoms with Crippen molar-refractivity contribution in [3.63, 3.8) is 0 Å². The van der Waals surface area contributed by atoms with Crippen LogP contribution in [0.4, 0.5) is 5.69 Å². The number of amides is 1. The molecule has 26 heavy (non-hydrogen) atoms. The monoisotopic (exact) mass is 476 g/mol. The Kier molecular flexibility index (Phi) is 7.08. The summed E-state index contributed by atoms with van der Waals surface area (Å²) in [5.74, 6) is 2.55. The van der Waals surface area contributed by atoms with E-state index in [1.54, 1.807) is 30.3 Å². The maximum Gasteiger partial charge on any atom is 0.266 e. The minimum Gasteiger partial charge on any atom is -0.480 e. The van der Waals surface area contributed by atoms with E-state index in [4.69, 9.17) is 22.8 Å². The number of terminal acetylenes is 1. The van der Waals surface area contributed by atoms with Crippen molar-refractivity contribution in [2.45, 2.75) is 6.92 Å². The Hall–Kier alpha value is -2.48. The molecule has 0 bridgehead atoms. The normalized spacial score (nSPS) is 10.6. The summed E-state index contributed by atoms with van der Waals surface area (Å²) in [6, 6.07) is 12.4. The van der Waals surface area contributed by atoms with Crippen LogP contribution >= 0.6 is 34.2 Å². The second-order valence-corrected chi connectivity index (χ2v) is 6.86. The Bertz CT molecular complexity index is 955. The van der Waals surface area contributed by atoms with Crippen molar-refractivity contribution in [3.8, 4) is 24.2 Å². The van der Waals surface area contributed by atoms with Crippen molar-refractivity contribution in [3.05, 3.63) is 61.7 Å². The molecule has 0 saturated heterocycles. The fourth-order valence-corrected chi connectivity index (χ4v) is 2.94. The first-order chi connectivity index (χ1) is 12.4. The van der Waals surface area contributed by atoms with E-state index in [1.807, 2.05) is 19.1 Å². The summed E-state index contributed by atoms with van der Waals surface area (Å²) in [5, 5.41) is 12.6. The fourth-order valence-electron chi connectivity index (χ4n) is 2.08. The van der Waals surface area contributed by atoms with E-state index in [-0.39, 0.29) is 12.2 Å². The van der Waals surface area contributed by atoms with Gasteiger partial charge in [-0.25, -0.2) is 0 Å². The number of aryl methyl sites for hydroxylation is 1. The van der Waals surface area contributed by atoms with Gasteiger partial charge in [-0.3, -0.25) is 4.79 Å². The van der Waals surface area contributed by atoms with E-state index in [0.29, 0.717) is 22.0 Å². The number of ether oxygens (including phenoxy) is 1. The van der Waals surface area contributed by atoms with E-state index in [2.05, 4.69) is 33.8 Å². The molecule has 0 aromatic heterocycles. The largest absolute Gasteiger partial charge is 0.480 e. The minimum absolute atomic E-state index is 0.0162. The van der Waals surface area contributed by atoms with Crippen LogP contribution in [0.15, 0.2) is 42.0 Å². The number of nitrogens with one attached hydrogen (secondary N) is 1. The average Bonchev–Trinajstić information content (AvgIpc) is 2.62. The van der Waals surface area contributed by atoms with E-state index >= 15 is 0 Å². The maximum absolute atomic E-state index is 12.4. The van der Waals surface area contributed by atoms with E-state index in [1.165, 1.54) is 6.08 Å². The summed E-state index contributed by atoms with van der Waals surface area (Å²) in [7, 11) is 0. The molecule has 2 rings (SSSR count). The third kappa shape index (κ3) is 5.26. The highest BCUT2D eigenvalue weighted by Gasteiger charge is 2.12. The molecule has 0 radical (unpaired) electrons. The average molecular weight is 477 g/mol. The van der Waals surface area contributed by atoms with Gasteiger partial charge in [0, 0.05) is 10.7 Å². The van der Waals surface area contributed by atoms with Crippen LogP contribution in [-0.4, -0.2) is 12.5 Å². The predicted molar refractivity (Wildman–Crippen MR) is 112 cm³/mol. The number of carbonyl (C=O) groups is 1. The molecule has 2 aromatic rings. The quantitative estimate of drug-likeness (QED) is 0.292. The Balaban J connectivity index is 2.23. The standard InChI is InChI=1S/C20H14ClIN2O2/c1-3-8-26-19-7-5-14(10-17(19)22)9-15(12-23)20(25)24-18-11-16(21)6-4-13(18)2/h1,4-7,9-11H,8H2,2H3,(H,24,25)/b15-9+. The molecule has 0 atom stereocenters. The smallest absolute Gasteiger partial charge is 0.266 e.